The molecule has 0 spiro atoms. The molecule has 4 heteroatoms. The highest BCUT2D eigenvalue weighted by molar-refractivity contribution is 5.85. The van der Waals surface area contributed by atoms with Crippen LogP contribution in [-0.4, -0.2) is 29.3 Å². The van der Waals surface area contributed by atoms with Crippen LogP contribution in [0.25, 0.3) is 0 Å². The van der Waals surface area contributed by atoms with Crippen molar-refractivity contribution in [3.05, 3.63) is 24.3 Å². The molecule has 3 N–H and O–H groups in total. The second-order valence-electron chi connectivity index (χ2n) is 2.84. The summed E-state index contributed by atoms with van der Waals surface area (Å²) >= 11 is 0. The Morgan fingerprint density at radius 2 is 2.38 bits per heavy atom. The average molecular weight is 183 g/mol. The Hall–Kier alpha value is -1.13. The summed E-state index contributed by atoms with van der Waals surface area (Å²) in [5.74, 6) is -0.608. The molecule has 4 nitrogen and oxygen atoms in total. The quantitative estimate of drug-likeness (QED) is 0.578. The van der Waals surface area contributed by atoms with Crippen molar-refractivity contribution >= 4 is 5.97 Å². The van der Waals surface area contributed by atoms with Gasteiger partial charge in [-0.2, -0.15) is 0 Å². The lowest BCUT2D eigenvalue weighted by Crippen LogP contribution is -2.56. The zero-order valence-electron chi connectivity index (χ0n) is 7.43. The van der Waals surface area contributed by atoms with Crippen molar-refractivity contribution in [1.82, 2.24) is 0 Å². The summed E-state index contributed by atoms with van der Waals surface area (Å²) in [6.07, 6.45) is 5.13. The van der Waals surface area contributed by atoms with Gasteiger partial charge in [0.05, 0.1) is 6.61 Å². The maximum atomic E-state index is 11.3. The number of ether oxygens (including phenoxy) is 1. The van der Waals surface area contributed by atoms with E-state index in [1.54, 1.807) is 19.1 Å². The van der Waals surface area contributed by atoms with Crippen molar-refractivity contribution in [3.8, 4) is 0 Å². The van der Waals surface area contributed by atoms with E-state index in [0.29, 0.717) is 0 Å². The zero-order valence-corrected chi connectivity index (χ0v) is 7.43. The normalized spacial score (nSPS) is 31.8. The summed E-state index contributed by atoms with van der Waals surface area (Å²) < 4.78 is 4.75. The third kappa shape index (κ3) is 1.79. The number of aliphatic hydroxyl groups is 1. The zero-order chi connectivity index (χ0) is 9.90. The molecule has 0 radical (unpaired) electrons. The minimum atomic E-state index is -1.43. The van der Waals surface area contributed by atoms with Gasteiger partial charge in [0, 0.05) is 0 Å². The van der Waals surface area contributed by atoms with Gasteiger partial charge in [-0.25, -0.2) is 4.79 Å². The third-order valence-corrected chi connectivity index (χ3v) is 1.89. The lowest BCUT2D eigenvalue weighted by atomic mass is 9.90. The van der Waals surface area contributed by atoms with E-state index in [1.807, 2.05) is 0 Å². The fraction of sp³-hybridized carbons (Fsp3) is 0.444. The van der Waals surface area contributed by atoms with Gasteiger partial charge < -0.3 is 15.6 Å². The number of aliphatic hydroxyl groups excluding tert-OH is 1. The van der Waals surface area contributed by atoms with Gasteiger partial charge in [0.25, 0.3) is 0 Å². The number of allylic oxidation sites excluding steroid dienone is 2. The Kier molecular flexibility index (Phi) is 2.85. The second-order valence-corrected chi connectivity index (χ2v) is 2.84. The molecule has 0 aromatic heterocycles. The van der Waals surface area contributed by atoms with Crippen LogP contribution in [0.3, 0.4) is 0 Å². The predicted octanol–water partition coefficient (Wildman–Crippen LogP) is -0.266. The molecule has 0 aromatic rings. The first-order valence-electron chi connectivity index (χ1n) is 4.11. The van der Waals surface area contributed by atoms with E-state index in [1.165, 1.54) is 12.2 Å². The van der Waals surface area contributed by atoms with E-state index in [0.717, 1.165) is 0 Å². The number of hydrogen-bond acceptors (Lipinski definition) is 4. The fourth-order valence-electron chi connectivity index (χ4n) is 1.09. The summed E-state index contributed by atoms with van der Waals surface area (Å²) in [5, 5.41) is 9.46. The first-order chi connectivity index (χ1) is 6.11. The summed E-state index contributed by atoms with van der Waals surface area (Å²) in [7, 11) is 0. The van der Waals surface area contributed by atoms with Gasteiger partial charge in [0.1, 0.15) is 6.10 Å². The van der Waals surface area contributed by atoms with E-state index >= 15 is 0 Å². The van der Waals surface area contributed by atoms with Gasteiger partial charge in [-0.15, -0.1) is 0 Å². The van der Waals surface area contributed by atoms with Gasteiger partial charge in [0.2, 0.25) is 0 Å². The Morgan fingerprint density at radius 3 is 2.92 bits per heavy atom. The lowest BCUT2D eigenvalue weighted by molar-refractivity contribution is -0.150. The van der Waals surface area contributed by atoms with Crippen LogP contribution in [0.2, 0.25) is 0 Å². The smallest absolute Gasteiger partial charge is 0.333 e. The molecule has 0 bridgehead atoms. The summed E-state index contributed by atoms with van der Waals surface area (Å²) in [6, 6.07) is 0. The van der Waals surface area contributed by atoms with Gasteiger partial charge in [0.15, 0.2) is 5.54 Å². The van der Waals surface area contributed by atoms with Crippen molar-refractivity contribution in [2.45, 2.75) is 18.6 Å². The third-order valence-electron chi connectivity index (χ3n) is 1.89. The number of nitrogens with two attached hydrogens (primary N) is 1. The lowest BCUT2D eigenvalue weighted by Gasteiger charge is -2.28. The SMILES string of the molecule is CCOC(=O)C1(N)C=CC=CC1O. The Balaban J connectivity index is 2.80. The van der Waals surface area contributed by atoms with Crippen LogP contribution >= 0.6 is 0 Å². The Morgan fingerprint density at radius 1 is 1.69 bits per heavy atom. The fourth-order valence-corrected chi connectivity index (χ4v) is 1.09. The van der Waals surface area contributed by atoms with Crippen molar-refractivity contribution in [3.63, 3.8) is 0 Å². The molecular formula is C9H13NO3. The Bertz CT molecular complexity index is 260. The van der Waals surface area contributed by atoms with E-state index in [4.69, 9.17) is 10.5 Å². The van der Waals surface area contributed by atoms with E-state index < -0.39 is 17.6 Å². The first-order valence-corrected chi connectivity index (χ1v) is 4.11. The highest BCUT2D eigenvalue weighted by Gasteiger charge is 2.40. The standard InChI is InChI=1S/C9H13NO3/c1-2-13-8(12)9(10)6-4-3-5-7(9)11/h3-7,11H,2,10H2,1H3. The van der Waals surface area contributed by atoms with Gasteiger partial charge >= 0.3 is 5.97 Å². The largest absolute Gasteiger partial charge is 0.464 e. The van der Waals surface area contributed by atoms with Crippen LogP contribution in [0.5, 0.6) is 0 Å². The molecule has 2 unspecified atom stereocenters. The van der Waals surface area contributed by atoms with Crippen molar-refractivity contribution in [2.24, 2.45) is 5.73 Å². The van der Waals surface area contributed by atoms with E-state index in [-0.39, 0.29) is 6.61 Å². The van der Waals surface area contributed by atoms with Gasteiger partial charge in [-0.3, -0.25) is 0 Å². The highest BCUT2D eigenvalue weighted by Crippen LogP contribution is 2.17. The number of carbonyl (C=O) groups is 1. The molecule has 1 aliphatic rings. The maximum absolute atomic E-state index is 11.3. The average Bonchev–Trinajstić information content (AvgIpc) is 2.11. The van der Waals surface area contributed by atoms with Crippen LogP contribution in [0.4, 0.5) is 0 Å². The maximum Gasteiger partial charge on any atom is 0.333 e. The number of carbonyl (C=O) groups excluding carboxylic acids is 1. The topological polar surface area (TPSA) is 72.5 Å². The van der Waals surface area contributed by atoms with Crippen LogP contribution in [-0.2, 0) is 9.53 Å². The van der Waals surface area contributed by atoms with E-state index in [9.17, 15) is 9.90 Å². The predicted molar refractivity (Wildman–Crippen MR) is 47.8 cm³/mol. The summed E-state index contributed by atoms with van der Waals surface area (Å²) in [5.41, 5.74) is 4.24. The number of hydrogen-bond donors (Lipinski definition) is 2. The van der Waals surface area contributed by atoms with Crippen molar-refractivity contribution < 1.29 is 14.6 Å². The molecule has 0 heterocycles. The molecule has 1 aliphatic carbocycles. The van der Waals surface area contributed by atoms with Crippen molar-refractivity contribution in [1.29, 1.82) is 0 Å². The molecule has 0 aromatic carbocycles. The second kappa shape index (κ2) is 3.72. The monoisotopic (exact) mass is 183 g/mol. The van der Waals surface area contributed by atoms with Gasteiger partial charge in [-0.05, 0) is 6.92 Å². The molecule has 72 valence electrons. The minimum Gasteiger partial charge on any atom is -0.464 e. The van der Waals surface area contributed by atoms with Crippen molar-refractivity contribution in [2.75, 3.05) is 6.61 Å². The summed E-state index contributed by atoms with van der Waals surface area (Å²) in [6.45, 7) is 1.94. The van der Waals surface area contributed by atoms with E-state index in [2.05, 4.69) is 0 Å². The van der Waals surface area contributed by atoms with Crippen LogP contribution in [0.15, 0.2) is 24.3 Å². The van der Waals surface area contributed by atoms with Crippen LogP contribution in [0.1, 0.15) is 6.92 Å². The Labute approximate surface area is 76.7 Å². The number of esters is 1. The number of rotatable bonds is 2. The first kappa shape index (κ1) is 9.95. The van der Waals surface area contributed by atoms with Gasteiger partial charge in [-0.1, -0.05) is 24.3 Å². The minimum absolute atomic E-state index is 0.252. The van der Waals surface area contributed by atoms with Crippen LogP contribution in [0, 0.1) is 0 Å². The molecule has 0 saturated carbocycles. The molecular weight excluding hydrogens is 170 g/mol. The molecule has 1 rings (SSSR count). The summed E-state index contributed by atoms with van der Waals surface area (Å²) in [4.78, 5) is 11.3. The highest BCUT2D eigenvalue weighted by atomic mass is 16.5. The molecule has 13 heavy (non-hydrogen) atoms. The molecule has 0 saturated heterocycles. The van der Waals surface area contributed by atoms with Crippen LogP contribution < -0.4 is 5.73 Å². The molecule has 0 amide bonds. The molecule has 0 fully saturated rings. The molecule has 2 atom stereocenters. The molecule has 0 aliphatic heterocycles.